The normalized spacial score (nSPS) is 23.7. The van der Waals surface area contributed by atoms with E-state index in [1.54, 1.807) is 6.07 Å². The first kappa shape index (κ1) is 13.4. The quantitative estimate of drug-likeness (QED) is 0.866. The zero-order valence-electron chi connectivity index (χ0n) is 10.4. The van der Waals surface area contributed by atoms with Gasteiger partial charge < -0.3 is 10.4 Å². The third-order valence-corrected chi connectivity index (χ3v) is 3.98. The Bertz CT molecular complexity index is 447. The summed E-state index contributed by atoms with van der Waals surface area (Å²) in [6.07, 6.45) is 3.22. The number of nitrogens with one attached hydrogen (secondary N) is 1. The second-order valence-electron chi connectivity index (χ2n) is 4.87. The predicted molar refractivity (Wildman–Crippen MR) is 71.9 cm³/mol. The van der Waals surface area contributed by atoms with Gasteiger partial charge in [0.25, 0.3) is 5.91 Å². The third kappa shape index (κ3) is 2.85. The van der Waals surface area contributed by atoms with Gasteiger partial charge in [-0.3, -0.25) is 4.79 Å². The summed E-state index contributed by atoms with van der Waals surface area (Å²) < 4.78 is 0. The van der Waals surface area contributed by atoms with E-state index in [9.17, 15) is 9.90 Å². The summed E-state index contributed by atoms with van der Waals surface area (Å²) in [6, 6.07) is 5.24. The molecule has 0 unspecified atom stereocenters. The molecule has 1 aromatic rings. The van der Waals surface area contributed by atoms with Crippen LogP contribution in [0.15, 0.2) is 18.2 Å². The van der Waals surface area contributed by atoms with Gasteiger partial charge in [0.2, 0.25) is 0 Å². The summed E-state index contributed by atoms with van der Waals surface area (Å²) in [5, 5.41) is 13.2. The molecule has 0 spiro atoms. The van der Waals surface area contributed by atoms with Crippen molar-refractivity contribution < 1.29 is 9.90 Å². The molecule has 1 aliphatic rings. The van der Waals surface area contributed by atoms with Crippen LogP contribution in [0, 0.1) is 6.92 Å². The SMILES string of the molecule is Cc1cccc(C(=O)N[C@H]2CCCC[C@@H]2O)c1Cl. The number of aliphatic hydroxyl groups is 1. The monoisotopic (exact) mass is 267 g/mol. The number of halogens is 1. The van der Waals surface area contributed by atoms with Gasteiger partial charge in [-0.2, -0.15) is 0 Å². The Hall–Kier alpha value is -1.06. The van der Waals surface area contributed by atoms with Crippen molar-refractivity contribution in [3.8, 4) is 0 Å². The Morgan fingerprint density at radius 1 is 1.39 bits per heavy atom. The fraction of sp³-hybridized carbons (Fsp3) is 0.500. The Morgan fingerprint density at radius 2 is 2.11 bits per heavy atom. The van der Waals surface area contributed by atoms with Crippen molar-refractivity contribution in [1.82, 2.24) is 5.32 Å². The Balaban J connectivity index is 2.09. The topological polar surface area (TPSA) is 49.3 Å². The number of aryl methyl sites for hydroxylation is 1. The third-order valence-electron chi connectivity index (χ3n) is 3.48. The fourth-order valence-corrected chi connectivity index (χ4v) is 2.56. The van der Waals surface area contributed by atoms with Gasteiger partial charge in [-0.1, -0.05) is 36.6 Å². The van der Waals surface area contributed by atoms with Gasteiger partial charge in [0.05, 0.1) is 22.7 Å². The summed E-state index contributed by atoms with van der Waals surface area (Å²) >= 11 is 6.12. The van der Waals surface area contributed by atoms with Gasteiger partial charge in [-0.05, 0) is 31.4 Å². The molecule has 1 saturated carbocycles. The van der Waals surface area contributed by atoms with Gasteiger partial charge in [0.15, 0.2) is 0 Å². The molecule has 0 radical (unpaired) electrons. The molecule has 2 rings (SSSR count). The molecule has 1 aromatic carbocycles. The molecule has 0 aromatic heterocycles. The zero-order valence-corrected chi connectivity index (χ0v) is 11.2. The number of hydrogen-bond donors (Lipinski definition) is 2. The van der Waals surface area contributed by atoms with Crippen molar-refractivity contribution in [3.05, 3.63) is 34.3 Å². The van der Waals surface area contributed by atoms with Gasteiger partial charge in [-0.25, -0.2) is 0 Å². The fourth-order valence-electron chi connectivity index (χ4n) is 2.35. The van der Waals surface area contributed by atoms with Crippen molar-refractivity contribution in [2.24, 2.45) is 0 Å². The van der Waals surface area contributed by atoms with Crippen LogP contribution in [0.1, 0.15) is 41.6 Å². The highest BCUT2D eigenvalue weighted by molar-refractivity contribution is 6.34. The lowest BCUT2D eigenvalue weighted by atomic mass is 9.92. The first-order valence-electron chi connectivity index (χ1n) is 6.33. The number of hydrogen-bond acceptors (Lipinski definition) is 2. The standard InChI is InChI=1S/C14H18ClNO2/c1-9-5-4-6-10(13(9)15)14(18)16-11-7-2-3-8-12(11)17/h4-6,11-12,17H,2-3,7-8H2,1H3,(H,16,18)/t11-,12-/m0/s1. The Kier molecular flexibility index (Phi) is 4.25. The summed E-state index contributed by atoms with van der Waals surface area (Å²) in [4.78, 5) is 12.1. The Labute approximate surface area is 112 Å². The van der Waals surface area contributed by atoms with E-state index < -0.39 is 6.10 Å². The van der Waals surface area contributed by atoms with Crippen LogP contribution in [0.2, 0.25) is 5.02 Å². The summed E-state index contributed by atoms with van der Waals surface area (Å²) in [5.41, 5.74) is 1.36. The minimum atomic E-state index is -0.439. The maximum absolute atomic E-state index is 12.1. The van der Waals surface area contributed by atoms with Crippen molar-refractivity contribution in [1.29, 1.82) is 0 Å². The molecule has 4 heteroatoms. The van der Waals surface area contributed by atoms with E-state index in [4.69, 9.17) is 11.6 Å². The van der Waals surface area contributed by atoms with E-state index in [1.165, 1.54) is 0 Å². The van der Waals surface area contributed by atoms with Crippen molar-refractivity contribution in [2.75, 3.05) is 0 Å². The molecule has 0 aliphatic heterocycles. The van der Waals surface area contributed by atoms with Crippen LogP contribution >= 0.6 is 11.6 Å². The van der Waals surface area contributed by atoms with Crippen LogP contribution < -0.4 is 5.32 Å². The van der Waals surface area contributed by atoms with Crippen LogP contribution in [0.4, 0.5) is 0 Å². The molecular weight excluding hydrogens is 250 g/mol. The maximum Gasteiger partial charge on any atom is 0.253 e. The second-order valence-corrected chi connectivity index (χ2v) is 5.25. The van der Waals surface area contributed by atoms with Crippen molar-refractivity contribution >= 4 is 17.5 Å². The molecule has 98 valence electrons. The van der Waals surface area contributed by atoms with Gasteiger partial charge in [-0.15, -0.1) is 0 Å². The molecule has 1 aliphatic carbocycles. The molecular formula is C14H18ClNO2. The lowest BCUT2D eigenvalue weighted by Crippen LogP contribution is -2.45. The minimum absolute atomic E-state index is 0.150. The lowest BCUT2D eigenvalue weighted by Gasteiger charge is -2.28. The van der Waals surface area contributed by atoms with E-state index in [-0.39, 0.29) is 11.9 Å². The van der Waals surface area contributed by atoms with E-state index >= 15 is 0 Å². The molecule has 18 heavy (non-hydrogen) atoms. The molecule has 0 saturated heterocycles. The van der Waals surface area contributed by atoms with Crippen molar-refractivity contribution in [2.45, 2.75) is 44.8 Å². The highest BCUT2D eigenvalue weighted by Gasteiger charge is 2.25. The summed E-state index contributed by atoms with van der Waals surface area (Å²) in [6.45, 7) is 1.87. The second kappa shape index (κ2) is 5.72. The van der Waals surface area contributed by atoms with E-state index in [1.807, 2.05) is 19.1 Å². The first-order valence-corrected chi connectivity index (χ1v) is 6.71. The van der Waals surface area contributed by atoms with Crippen LogP contribution in [0.25, 0.3) is 0 Å². The number of carbonyl (C=O) groups is 1. The minimum Gasteiger partial charge on any atom is -0.391 e. The summed E-state index contributed by atoms with van der Waals surface area (Å²) in [5.74, 6) is -0.199. The number of carbonyl (C=O) groups excluding carboxylic acids is 1. The van der Waals surface area contributed by atoms with E-state index in [2.05, 4.69) is 5.32 Å². The number of aliphatic hydroxyl groups excluding tert-OH is 1. The molecule has 3 nitrogen and oxygen atoms in total. The lowest BCUT2D eigenvalue weighted by molar-refractivity contribution is 0.0717. The first-order chi connectivity index (χ1) is 8.59. The number of rotatable bonds is 2. The van der Waals surface area contributed by atoms with E-state index in [0.29, 0.717) is 10.6 Å². The highest BCUT2D eigenvalue weighted by atomic mass is 35.5. The average molecular weight is 268 g/mol. The van der Waals surface area contributed by atoms with Gasteiger partial charge in [0, 0.05) is 0 Å². The smallest absolute Gasteiger partial charge is 0.253 e. The molecule has 1 fully saturated rings. The largest absolute Gasteiger partial charge is 0.391 e. The van der Waals surface area contributed by atoms with Crippen LogP contribution in [0.3, 0.4) is 0 Å². The number of benzene rings is 1. The van der Waals surface area contributed by atoms with Crippen LogP contribution in [0.5, 0.6) is 0 Å². The van der Waals surface area contributed by atoms with E-state index in [0.717, 1.165) is 31.2 Å². The van der Waals surface area contributed by atoms with Gasteiger partial charge >= 0.3 is 0 Å². The summed E-state index contributed by atoms with van der Waals surface area (Å²) in [7, 11) is 0. The molecule has 2 atom stereocenters. The van der Waals surface area contributed by atoms with Gasteiger partial charge in [0.1, 0.15) is 0 Å². The molecule has 2 N–H and O–H groups in total. The van der Waals surface area contributed by atoms with Crippen LogP contribution in [-0.2, 0) is 0 Å². The zero-order chi connectivity index (χ0) is 13.1. The molecule has 0 heterocycles. The maximum atomic E-state index is 12.1. The highest BCUT2D eigenvalue weighted by Crippen LogP contribution is 2.22. The molecule has 1 amide bonds. The predicted octanol–water partition coefficient (Wildman–Crippen LogP) is 2.68. The Morgan fingerprint density at radius 3 is 2.83 bits per heavy atom. The average Bonchev–Trinajstić information content (AvgIpc) is 2.35. The van der Waals surface area contributed by atoms with Crippen LogP contribution in [-0.4, -0.2) is 23.2 Å². The number of amides is 1. The molecule has 0 bridgehead atoms. The van der Waals surface area contributed by atoms with Crippen molar-refractivity contribution in [3.63, 3.8) is 0 Å².